The van der Waals surface area contributed by atoms with Gasteiger partial charge in [0.1, 0.15) is 18.2 Å². The van der Waals surface area contributed by atoms with Gasteiger partial charge in [-0.1, -0.05) is 42.5 Å². The van der Waals surface area contributed by atoms with Crippen LogP contribution in [-0.4, -0.2) is 49.9 Å². The third kappa shape index (κ3) is 6.63. The van der Waals surface area contributed by atoms with Gasteiger partial charge in [-0.25, -0.2) is 14.2 Å². The largest absolute Gasteiger partial charge is 0.445 e. The predicted molar refractivity (Wildman–Crippen MR) is 172 cm³/mol. The molecule has 236 valence electrons. The third-order valence-corrected chi connectivity index (χ3v) is 7.54. The summed E-state index contributed by atoms with van der Waals surface area (Å²) in [5.41, 5.74) is 3.54. The van der Waals surface area contributed by atoms with Crippen LogP contribution in [0.2, 0.25) is 0 Å². The molecule has 0 spiro atoms. The molecule has 2 aromatic heterocycles. The number of nitrogens with one attached hydrogen (secondary N) is 1. The zero-order valence-corrected chi connectivity index (χ0v) is 26.1. The topological polar surface area (TPSA) is 129 Å². The van der Waals surface area contributed by atoms with Crippen molar-refractivity contribution in [3.63, 3.8) is 0 Å². The minimum absolute atomic E-state index is 0.170. The molecule has 0 radical (unpaired) electrons. The Morgan fingerprint density at radius 3 is 2.39 bits per heavy atom. The summed E-state index contributed by atoms with van der Waals surface area (Å²) in [7, 11) is 0. The second-order valence-corrected chi connectivity index (χ2v) is 12.2. The normalized spacial score (nSPS) is 14.8. The maximum absolute atomic E-state index is 13.5. The fraction of sp³-hybridized carbons (Fsp3) is 0.286. The van der Waals surface area contributed by atoms with Crippen LogP contribution in [0.15, 0.2) is 83.3 Å². The number of hydrogen-bond donors (Lipinski definition) is 1. The number of likely N-dealkylation sites (tertiary alicyclic amines) is 1. The minimum Gasteiger partial charge on any atom is -0.445 e. The molecule has 3 aromatic carbocycles. The van der Waals surface area contributed by atoms with Gasteiger partial charge in [0.2, 0.25) is 17.7 Å². The highest BCUT2D eigenvalue weighted by atomic mass is 16.6. The molecule has 0 aliphatic carbocycles. The monoisotopic (exact) mass is 621 g/mol. The molecule has 1 N–H and O–H groups in total. The summed E-state index contributed by atoms with van der Waals surface area (Å²) in [5, 5.41) is 12.1. The number of benzene rings is 3. The number of carbonyl (C=O) groups is 3. The van der Waals surface area contributed by atoms with Gasteiger partial charge in [-0.15, -0.1) is 10.2 Å². The second kappa shape index (κ2) is 12.5. The van der Waals surface area contributed by atoms with E-state index in [0.717, 1.165) is 22.9 Å². The fourth-order valence-electron chi connectivity index (χ4n) is 5.52. The molecule has 1 aliphatic heterocycles. The van der Waals surface area contributed by atoms with Crippen molar-refractivity contribution in [3.05, 3.63) is 90.3 Å². The fourth-order valence-corrected chi connectivity index (χ4v) is 5.52. The molecule has 5 aromatic rings. The average molecular weight is 622 g/mol. The SMILES string of the molecule is CC(=O)Nc1ccc(-c2cc3cc(-c4nnc([C@@H]5CCCN5C(=O)OCc5ccccc5)o4)ccc3n2C(=O)OC(C)(C)C)cc1. The van der Waals surface area contributed by atoms with Crippen molar-refractivity contribution < 1.29 is 28.3 Å². The van der Waals surface area contributed by atoms with Crippen molar-refractivity contribution in [2.24, 2.45) is 0 Å². The maximum atomic E-state index is 13.5. The first-order chi connectivity index (χ1) is 22.1. The summed E-state index contributed by atoms with van der Waals surface area (Å²) in [4.78, 5) is 39.5. The quantitative estimate of drug-likeness (QED) is 0.206. The number of carbonyl (C=O) groups excluding carboxylic acids is 3. The van der Waals surface area contributed by atoms with Crippen molar-refractivity contribution in [2.75, 3.05) is 11.9 Å². The Bertz CT molecular complexity index is 1890. The van der Waals surface area contributed by atoms with E-state index in [0.29, 0.717) is 47.2 Å². The molecule has 11 heteroatoms. The number of fused-ring (bicyclic) bond motifs is 1. The highest BCUT2D eigenvalue weighted by Gasteiger charge is 2.35. The summed E-state index contributed by atoms with van der Waals surface area (Å²) < 4.78 is 19.0. The standard InChI is InChI=1S/C35H35N5O6/c1-22(41)36-27-15-12-24(13-16-27)30-20-26-19-25(14-17-28(26)40(30)34(43)46-35(2,3)4)31-37-38-32(45-31)29-11-8-18-39(29)33(42)44-21-23-9-6-5-7-10-23/h5-7,9-10,12-17,19-20,29H,8,11,18,21H2,1-4H3,(H,36,41)/t29-/m0/s1. The van der Waals surface area contributed by atoms with Crippen molar-refractivity contribution in [2.45, 2.75) is 58.8 Å². The summed E-state index contributed by atoms with van der Waals surface area (Å²) in [6.07, 6.45) is 0.538. The first kappa shape index (κ1) is 30.6. The lowest BCUT2D eigenvalue weighted by molar-refractivity contribution is -0.114. The van der Waals surface area contributed by atoms with Crippen molar-refractivity contribution >= 4 is 34.7 Å². The van der Waals surface area contributed by atoms with Crippen LogP contribution in [0.1, 0.15) is 58.0 Å². The van der Waals surface area contributed by atoms with Crippen LogP contribution in [0.25, 0.3) is 33.6 Å². The molecule has 1 fully saturated rings. The lowest BCUT2D eigenvalue weighted by Gasteiger charge is -2.21. The second-order valence-electron chi connectivity index (χ2n) is 12.2. The number of hydrogen-bond acceptors (Lipinski definition) is 8. The summed E-state index contributed by atoms with van der Waals surface area (Å²) in [5.74, 6) is 0.471. The van der Waals surface area contributed by atoms with Gasteiger partial charge in [0.25, 0.3) is 0 Å². The van der Waals surface area contributed by atoms with Crippen molar-refractivity contribution in [3.8, 4) is 22.7 Å². The van der Waals surface area contributed by atoms with E-state index in [9.17, 15) is 14.4 Å². The Labute approximate surface area is 266 Å². The highest BCUT2D eigenvalue weighted by molar-refractivity contribution is 5.98. The predicted octanol–water partition coefficient (Wildman–Crippen LogP) is 7.57. The number of nitrogens with zero attached hydrogens (tertiary/aromatic N) is 4. The first-order valence-electron chi connectivity index (χ1n) is 15.1. The molecule has 1 saturated heterocycles. The first-order valence-corrected chi connectivity index (χ1v) is 15.1. The Morgan fingerprint density at radius 2 is 1.67 bits per heavy atom. The van der Waals surface area contributed by atoms with E-state index in [4.69, 9.17) is 13.9 Å². The van der Waals surface area contributed by atoms with Gasteiger partial charge in [-0.2, -0.15) is 0 Å². The van der Waals surface area contributed by atoms with E-state index in [2.05, 4.69) is 15.5 Å². The van der Waals surface area contributed by atoms with Crippen LogP contribution < -0.4 is 5.32 Å². The van der Waals surface area contributed by atoms with E-state index in [1.165, 1.54) is 11.5 Å². The van der Waals surface area contributed by atoms with Gasteiger partial charge in [0.05, 0.1) is 11.2 Å². The van der Waals surface area contributed by atoms with Gasteiger partial charge >= 0.3 is 12.2 Å². The van der Waals surface area contributed by atoms with Gasteiger partial charge in [-0.05, 0) is 81.1 Å². The number of ether oxygens (including phenoxy) is 2. The Hall–Kier alpha value is -5.45. The zero-order valence-electron chi connectivity index (χ0n) is 26.1. The lowest BCUT2D eigenvalue weighted by atomic mass is 10.1. The molecule has 3 heterocycles. The number of rotatable bonds is 6. The van der Waals surface area contributed by atoms with Crippen LogP contribution in [0, 0.1) is 0 Å². The molecule has 1 aliphatic rings. The molecule has 0 unspecified atom stereocenters. The molecular weight excluding hydrogens is 586 g/mol. The van der Waals surface area contributed by atoms with E-state index in [1.807, 2.05) is 87.5 Å². The van der Waals surface area contributed by atoms with Gasteiger partial charge in [0, 0.05) is 30.1 Å². The molecule has 6 rings (SSSR count). The lowest BCUT2D eigenvalue weighted by Crippen LogP contribution is -2.31. The molecule has 2 amide bonds. The van der Waals surface area contributed by atoms with Crippen molar-refractivity contribution in [1.82, 2.24) is 19.7 Å². The molecule has 11 nitrogen and oxygen atoms in total. The Kier molecular flexibility index (Phi) is 8.31. The summed E-state index contributed by atoms with van der Waals surface area (Å²) >= 11 is 0. The molecule has 1 atom stereocenters. The number of anilines is 1. The van der Waals surface area contributed by atoms with E-state index < -0.39 is 17.8 Å². The molecule has 0 saturated carbocycles. The van der Waals surface area contributed by atoms with Crippen molar-refractivity contribution in [1.29, 1.82) is 0 Å². The van der Waals surface area contributed by atoms with Gasteiger partial charge < -0.3 is 19.2 Å². The molecular formula is C35H35N5O6. The van der Waals surface area contributed by atoms with E-state index >= 15 is 0 Å². The zero-order chi connectivity index (χ0) is 32.4. The van der Waals surface area contributed by atoms with Crippen LogP contribution in [0.4, 0.5) is 15.3 Å². The summed E-state index contributed by atoms with van der Waals surface area (Å²) in [6, 6.07) is 23.8. The summed E-state index contributed by atoms with van der Waals surface area (Å²) in [6.45, 7) is 7.62. The van der Waals surface area contributed by atoms with Crippen LogP contribution in [-0.2, 0) is 20.9 Å². The number of amides is 2. The van der Waals surface area contributed by atoms with Crippen LogP contribution >= 0.6 is 0 Å². The smallest absolute Gasteiger partial charge is 0.419 e. The highest BCUT2D eigenvalue weighted by Crippen LogP contribution is 2.36. The third-order valence-electron chi connectivity index (χ3n) is 7.54. The van der Waals surface area contributed by atoms with Gasteiger partial charge in [-0.3, -0.25) is 9.69 Å². The van der Waals surface area contributed by atoms with E-state index in [1.54, 1.807) is 17.0 Å². The Balaban J connectivity index is 1.28. The van der Waals surface area contributed by atoms with Gasteiger partial charge in [0.15, 0.2) is 0 Å². The average Bonchev–Trinajstić information content (AvgIpc) is 3.78. The molecule has 46 heavy (non-hydrogen) atoms. The number of aromatic nitrogens is 3. The van der Waals surface area contributed by atoms with Crippen LogP contribution in [0.3, 0.4) is 0 Å². The molecule has 0 bridgehead atoms. The Morgan fingerprint density at radius 1 is 0.935 bits per heavy atom. The van der Waals surface area contributed by atoms with Crippen LogP contribution in [0.5, 0.6) is 0 Å². The maximum Gasteiger partial charge on any atom is 0.419 e. The minimum atomic E-state index is -0.706. The van der Waals surface area contributed by atoms with E-state index in [-0.39, 0.29) is 18.6 Å².